The van der Waals surface area contributed by atoms with Crippen LogP contribution >= 0.6 is 0 Å². The molecule has 1 unspecified atom stereocenters. The van der Waals surface area contributed by atoms with Gasteiger partial charge in [0.2, 0.25) is 0 Å². The van der Waals surface area contributed by atoms with Crippen LogP contribution in [0.25, 0.3) is 0 Å². The molecule has 0 rings (SSSR count). The summed E-state index contributed by atoms with van der Waals surface area (Å²) in [6.07, 6.45) is 9.77. The molecule has 0 amide bonds. The highest BCUT2D eigenvalue weighted by Crippen LogP contribution is 2.32. The summed E-state index contributed by atoms with van der Waals surface area (Å²) < 4.78 is 0. The normalized spacial score (nSPS) is 14.0. The van der Waals surface area contributed by atoms with Crippen LogP contribution in [0.3, 0.4) is 0 Å². The van der Waals surface area contributed by atoms with Gasteiger partial charge in [0.25, 0.3) is 0 Å². The molecule has 1 atom stereocenters. The van der Waals surface area contributed by atoms with E-state index in [1.54, 1.807) is 0 Å². The first-order valence-corrected chi connectivity index (χ1v) is 10.0. The first-order chi connectivity index (χ1) is 10.5. The molecule has 0 bridgehead atoms. The molecule has 0 aliphatic carbocycles. The van der Waals surface area contributed by atoms with E-state index in [1.807, 2.05) is 0 Å². The third kappa shape index (κ3) is 6.20. The minimum Gasteiger partial charge on any atom is -0.286 e. The Labute approximate surface area is 141 Å². The molecule has 0 radical (unpaired) electrons. The van der Waals surface area contributed by atoms with Gasteiger partial charge in [-0.2, -0.15) is 0 Å². The molecule has 0 fully saturated rings. The van der Waals surface area contributed by atoms with E-state index in [-0.39, 0.29) is 5.66 Å². The molecule has 0 N–H and O–H groups in total. The van der Waals surface area contributed by atoms with Crippen molar-refractivity contribution in [3.8, 4) is 0 Å². The summed E-state index contributed by atoms with van der Waals surface area (Å²) in [4.78, 5) is 5.34. The van der Waals surface area contributed by atoms with Crippen molar-refractivity contribution in [1.82, 2.24) is 9.80 Å². The van der Waals surface area contributed by atoms with E-state index in [0.29, 0.717) is 0 Å². The van der Waals surface area contributed by atoms with Crippen LogP contribution in [-0.2, 0) is 0 Å². The summed E-state index contributed by atoms with van der Waals surface area (Å²) >= 11 is 0. The fraction of sp³-hybridized carbons (Fsp3) is 1.00. The van der Waals surface area contributed by atoms with Crippen molar-refractivity contribution in [3.63, 3.8) is 0 Å². The number of rotatable bonds is 14. The van der Waals surface area contributed by atoms with Gasteiger partial charge in [-0.3, -0.25) is 9.80 Å². The molecule has 0 aromatic carbocycles. The van der Waals surface area contributed by atoms with Gasteiger partial charge in [-0.05, 0) is 45.4 Å². The van der Waals surface area contributed by atoms with Crippen molar-refractivity contribution in [3.05, 3.63) is 0 Å². The zero-order valence-electron chi connectivity index (χ0n) is 16.7. The molecular formula is C20H44N2. The van der Waals surface area contributed by atoms with Crippen molar-refractivity contribution >= 4 is 0 Å². The van der Waals surface area contributed by atoms with Crippen LogP contribution in [0, 0.1) is 5.92 Å². The van der Waals surface area contributed by atoms with E-state index < -0.39 is 0 Å². The maximum atomic E-state index is 2.67. The summed E-state index contributed by atoms with van der Waals surface area (Å²) in [7, 11) is 0. The Balaban J connectivity index is 4.66. The first kappa shape index (κ1) is 21.9. The lowest BCUT2D eigenvalue weighted by Gasteiger charge is -2.52. The van der Waals surface area contributed by atoms with E-state index in [2.05, 4.69) is 58.3 Å². The molecule has 0 saturated heterocycles. The Kier molecular flexibility index (Phi) is 12.3. The Morgan fingerprint density at radius 3 is 1.50 bits per heavy atom. The van der Waals surface area contributed by atoms with Crippen LogP contribution in [0.5, 0.6) is 0 Å². The van der Waals surface area contributed by atoms with E-state index in [4.69, 9.17) is 0 Å². The van der Waals surface area contributed by atoms with Gasteiger partial charge < -0.3 is 0 Å². The van der Waals surface area contributed by atoms with Crippen LogP contribution in [-0.4, -0.2) is 41.6 Å². The van der Waals surface area contributed by atoms with Gasteiger partial charge in [-0.15, -0.1) is 0 Å². The molecular weight excluding hydrogens is 268 g/mol. The average Bonchev–Trinajstić information content (AvgIpc) is 2.52. The summed E-state index contributed by atoms with van der Waals surface area (Å²) in [6.45, 7) is 21.1. The van der Waals surface area contributed by atoms with Crippen molar-refractivity contribution in [2.24, 2.45) is 5.92 Å². The molecule has 134 valence electrons. The number of hydrogen-bond donors (Lipinski definition) is 0. The molecule has 2 nitrogen and oxygen atoms in total. The van der Waals surface area contributed by atoms with Gasteiger partial charge in [0, 0.05) is 0 Å². The topological polar surface area (TPSA) is 6.48 Å². The van der Waals surface area contributed by atoms with Gasteiger partial charge >= 0.3 is 0 Å². The standard InChI is InChI=1S/C20H44N2/c1-8-13-14-15-16-17-18-19(6)20(7,21(9-2)10-3)22(11-4)12-5/h19H,8-18H2,1-7H3. The van der Waals surface area contributed by atoms with Crippen molar-refractivity contribution in [1.29, 1.82) is 0 Å². The van der Waals surface area contributed by atoms with E-state index in [9.17, 15) is 0 Å². The minimum absolute atomic E-state index is 0.205. The third-order valence-corrected chi connectivity index (χ3v) is 5.73. The molecule has 0 aromatic heterocycles. The second-order valence-electron chi connectivity index (χ2n) is 6.90. The largest absolute Gasteiger partial charge is 0.286 e. The summed E-state index contributed by atoms with van der Waals surface area (Å²) in [5, 5.41) is 0. The lowest BCUT2D eigenvalue weighted by molar-refractivity contribution is -0.0780. The van der Waals surface area contributed by atoms with Crippen LogP contribution in [0.15, 0.2) is 0 Å². The highest BCUT2D eigenvalue weighted by molar-refractivity contribution is 4.90. The number of hydrogen-bond acceptors (Lipinski definition) is 2. The van der Waals surface area contributed by atoms with Crippen LogP contribution in [0.2, 0.25) is 0 Å². The fourth-order valence-electron chi connectivity index (χ4n) is 4.06. The Morgan fingerprint density at radius 1 is 0.682 bits per heavy atom. The summed E-state index contributed by atoms with van der Waals surface area (Å²) in [6, 6.07) is 0. The lowest BCUT2D eigenvalue weighted by atomic mass is 9.87. The maximum absolute atomic E-state index is 2.67. The summed E-state index contributed by atoms with van der Waals surface area (Å²) in [5.74, 6) is 0.721. The molecule has 22 heavy (non-hydrogen) atoms. The highest BCUT2D eigenvalue weighted by atomic mass is 15.4. The smallest absolute Gasteiger partial charge is 0.0734 e. The second kappa shape index (κ2) is 12.4. The van der Waals surface area contributed by atoms with Crippen molar-refractivity contribution in [2.45, 2.75) is 99.1 Å². The minimum atomic E-state index is 0.205. The van der Waals surface area contributed by atoms with E-state index in [1.165, 1.54) is 44.9 Å². The molecule has 0 aliphatic rings. The molecule has 0 aliphatic heterocycles. The SMILES string of the molecule is CCCCCCCCC(C)C(C)(N(CC)CC)N(CC)CC. The van der Waals surface area contributed by atoms with E-state index in [0.717, 1.165) is 32.1 Å². The molecule has 0 spiro atoms. The third-order valence-electron chi connectivity index (χ3n) is 5.73. The lowest BCUT2D eigenvalue weighted by Crippen LogP contribution is -2.62. The van der Waals surface area contributed by atoms with E-state index >= 15 is 0 Å². The average molecular weight is 313 g/mol. The Morgan fingerprint density at radius 2 is 1.09 bits per heavy atom. The van der Waals surface area contributed by atoms with Gasteiger partial charge in [0.05, 0.1) is 5.66 Å². The van der Waals surface area contributed by atoms with Gasteiger partial charge in [0.15, 0.2) is 0 Å². The van der Waals surface area contributed by atoms with Crippen molar-refractivity contribution < 1.29 is 0 Å². The van der Waals surface area contributed by atoms with Gasteiger partial charge in [-0.1, -0.05) is 80.1 Å². The highest BCUT2D eigenvalue weighted by Gasteiger charge is 2.39. The molecule has 2 heteroatoms. The molecule has 0 heterocycles. The van der Waals surface area contributed by atoms with Crippen molar-refractivity contribution in [2.75, 3.05) is 26.2 Å². The van der Waals surface area contributed by atoms with Crippen LogP contribution in [0.4, 0.5) is 0 Å². The predicted octanol–water partition coefficient (Wildman–Crippen LogP) is 5.77. The maximum Gasteiger partial charge on any atom is 0.0734 e. The first-order valence-electron chi connectivity index (χ1n) is 10.0. The predicted molar refractivity (Wildman–Crippen MR) is 101 cm³/mol. The quantitative estimate of drug-likeness (QED) is 0.296. The van der Waals surface area contributed by atoms with Gasteiger partial charge in [0.1, 0.15) is 0 Å². The number of nitrogens with zero attached hydrogens (tertiary/aromatic N) is 2. The summed E-state index contributed by atoms with van der Waals surface area (Å²) in [5.41, 5.74) is 0.205. The molecule has 0 aromatic rings. The zero-order chi connectivity index (χ0) is 17.0. The van der Waals surface area contributed by atoms with Crippen LogP contribution < -0.4 is 0 Å². The zero-order valence-corrected chi connectivity index (χ0v) is 16.7. The van der Waals surface area contributed by atoms with Gasteiger partial charge in [-0.25, -0.2) is 0 Å². The monoisotopic (exact) mass is 312 g/mol. The van der Waals surface area contributed by atoms with Crippen LogP contribution in [0.1, 0.15) is 93.4 Å². The number of unbranched alkanes of at least 4 members (excludes halogenated alkanes) is 5. The fourth-order valence-corrected chi connectivity index (χ4v) is 4.06. The Hall–Kier alpha value is -0.0800. The second-order valence-corrected chi connectivity index (χ2v) is 6.90. The molecule has 0 saturated carbocycles. The Bertz CT molecular complexity index is 232.